The van der Waals surface area contributed by atoms with E-state index in [1.165, 1.54) is 7.11 Å². The minimum Gasteiger partial charge on any atom is -0.465 e. The molecule has 0 N–H and O–H groups in total. The second kappa shape index (κ2) is 7.92. The van der Waals surface area contributed by atoms with Crippen LogP contribution < -0.4 is 0 Å². The van der Waals surface area contributed by atoms with Crippen molar-refractivity contribution in [1.82, 2.24) is 4.90 Å². The molecule has 6 heteroatoms. The van der Waals surface area contributed by atoms with Crippen LogP contribution in [0.5, 0.6) is 0 Å². The number of ether oxygens (including phenoxy) is 2. The quantitative estimate of drug-likeness (QED) is 0.607. The van der Waals surface area contributed by atoms with Gasteiger partial charge in [-0.1, -0.05) is 0 Å². The van der Waals surface area contributed by atoms with Gasteiger partial charge in [0, 0.05) is 23.2 Å². The Morgan fingerprint density at radius 1 is 1.25 bits per heavy atom. The number of carbonyl (C=O) groups is 2. The van der Waals surface area contributed by atoms with Crippen LogP contribution in [0.25, 0.3) is 0 Å². The Morgan fingerprint density at radius 2 is 1.92 bits per heavy atom. The summed E-state index contributed by atoms with van der Waals surface area (Å²) in [4.78, 5) is 26.6. The number of benzene rings is 1. The average molecular weight is 351 g/mol. The summed E-state index contributed by atoms with van der Waals surface area (Å²) in [5.41, 5.74) is 0.0688. The minimum atomic E-state index is -0.471. The van der Waals surface area contributed by atoms with Crippen LogP contribution in [0.3, 0.4) is 0 Å². The van der Waals surface area contributed by atoms with Gasteiger partial charge in [-0.15, -0.1) is 11.8 Å². The first-order chi connectivity index (χ1) is 11.3. The van der Waals surface area contributed by atoms with Crippen molar-refractivity contribution in [3.05, 3.63) is 29.8 Å². The molecule has 0 aliphatic carbocycles. The Balaban J connectivity index is 1.91. The number of nitrogens with zero attached hydrogens (tertiary/aromatic N) is 1. The van der Waals surface area contributed by atoms with Crippen LogP contribution in [0.1, 0.15) is 44.0 Å². The van der Waals surface area contributed by atoms with Crippen molar-refractivity contribution < 1.29 is 19.1 Å². The fourth-order valence-electron chi connectivity index (χ4n) is 2.57. The first-order valence-electron chi connectivity index (χ1n) is 8.11. The maximum absolute atomic E-state index is 12.3. The summed E-state index contributed by atoms with van der Waals surface area (Å²) in [6.07, 6.45) is 1.77. The lowest BCUT2D eigenvalue weighted by molar-refractivity contribution is 0.0241. The zero-order chi connectivity index (χ0) is 17.7. The van der Waals surface area contributed by atoms with Crippen molar-refractivity contribution in [2.24, 2.45) is 0 Å². The number of methoxy groups -OCH3 is 1. The fourth-order valence-corrected chi connectivity index (χ4v) is 3.63. The third-order valence-corrected chi connectivity index (χ3v) is 4.88. The summed E-state index contributed by atoms with van der Waals surface area (Å²) < 4.78 is 10.2. The Hall–Kier alpha value is -1.69. The highest BCUT2D eigenvalue weighted by Crippen LogP contribution is 2.27. The molecule has 1 atom stereocenters. The number of hydrogen-bond acceptors (Lipinski definition) is 5. The summed E-state index contributed by atoms with van der Waals surface area (Å²) in [5, 5.41) is 0. The fraction of sp³-hybridized carbons (Fsp3) is 0.556. The van der Waals surface area contributed by atoms with Crippen molar-refractivity contribution >= 4 is 23.8 Å². The number of hydrogen-bond donors (Lipinski definition) is 0. The van der Waals surface area contributed by atoms with Crippen molar-refractivity contribution in [1.29, 1.82) is 0 Å². The number of carbonyl (C=O) groups excluding carboxylic acids is 2. The number of amides is 1. The van der Waals surface area contributed by atoms with Gasteiger partial charge in [-0.2, -0.15) is 0 Å². The van der Waals surface area contributed by atoms with Crippen LogP contribution in [0.2, 0.25) is 0 Å². The standard InChI is InChI=1S/C18H25NO4S/c1-18(2,3)23-17(21)19-11-5-6-14(19)12-24-15-9-7-13(8-10-15)16(20)22-4/h7-10,14H,5-6,11-12H2,1-4H3/t14-/m0/s1. The molecule has 0 saturated carbocycles. The second-order valence-electron chi connectivity index (χ2n) is 6.80. The zero-order valence-corrected chi connectivity index (χ0v) is 15.5. The van der Waals surface area contributed by atoms with Gasteiger partial charge >= 0.3 is 12.1 Å². The molecule has 2 rings (SSSR count). The van der Waals surface area contributed by atoms with E-state index < -0.39 is 5.60 Å². The van der Waals surface area contributed by atoms with Gasteiger partial charge in [0.25, 0.3) is 0 Å². The molecule has 1 aromatic carbocycles. The van der Waals surface area contributed by atoms with Crippen LogP contribution in [0.15, 0.2) is 29.2 Å². The Kier molecular flexibility index (Phi) is 6.15. The highest BCUT2D eigenvalue weighted by molar-refractivity contribution is 7.99. The molecular weight excluding hydrogens is 326 g/mol. The maximum Gasteiger partial charge on any atom is 0.410 e. The van der Waals surface area contributed by atoms with E-state index in [0.717, 1.165) is 30.0 Å². The normalized spacial score (nSPS) is 17.7. The second-order valence-corrected chi connectivity index (χ2v) is 7.89. The highest BCUT2D eigenvalue weighted by atomic mass is 32.2. The Morgan fingerprint density at radius 3 is 2.50 bits per heavy atom. The monoisotopic (exact) mass is 351 g/mol. The summed E-state index contributed by atoms with van der Waals surface area (Å²) in [5.74, 6) is 0.482. The third-order valence-electron chi connectivity index (χ3n) is 3.72. The summed E-state index contributed by atoms with van der Waals surface area (Å²) >= 11 is 1.68. The molecule has 132 valence electrons. The molecule has 1 saturated heterocycles. The van der Waals surface area contributed by atoms with Crippen LogP contribution >= 0.6 is 11.8 Å². The molecule has 1 heterocycles. The molecule has 0 aromatic heterocycles. The van der Waals surface area contributed by atoms with Gasteiger partial charge in [-0.25, -0.2) is 9.59 Å². The Bertz CT molecular complexity index is 580. The van der Waals surface area contributed by atoms with Gasteiger partial charge in [0.15, 0.2) is 0 Å². The molecule has 0 spiro atoms. The van der Waals surface area contributed by atoms with Crippen LogP contribution in [0.4, 0.5) is 4.79 Å². The molecule has 1 aromatic rings. The molecular formula is C18H25NO4S. The van der Waals surface area contributed by atoms with E-state index in [4.69, 9.17) is 9.47 Å². The molecule has 1 fully saturated rings. The predicted octanol–water partition coefficient (Wildman–Crippen LogP) is 3.96. The lowest BCUT2D eigenvalue weighted by Gasteiger charge is -2.28. The zero-order valence-electron chi connectivity index (χ0n) is 14.7. The molecule has 1 aliphatic heterocycles. The topological polar surface area (TPSA) is 55.8 Å². The maximum atomic E-state index is 12.3. The highest BCUT2D eigenvalue weighted by Gasteiger charge is 2.32. The van der Waals surface area contributed by atoms with Crippen molar-refractivity contribution in [3.8, 4) is 0 Å². The van der Waals surface area contributed by atoms with Crippen molar-refractivity contribution in [3.63, 3.8) is 0 Å². The van der Waals surface area contributed by atoms with Gasteiger partial charge in [0.05, 0.1) is 12.7 Å². The third kappa shape index (κ3) is 5.16. The molecule has 0 unspecified atom stereocenters. The van der Waals surface area contributed by atoms with E-state index in [1.807, 2.05) is 37.8 Å². The predicted molar refractivity (Wildman–Crippen MR) is 94.5 cm³/mol. The molecule has 5 nitrogen and oxygen atoms in total. The number of likely N-dealkylation sites (tertiary alicyclic amines) is 1. The van der Waals surface area contributed by atoms with Crippen LogP contribution in [-0.2, 0) is 9.47 Å². The number of esters is 1. The number of thioether (sulfide) groups is 1. The van der Waals surface area contributed by atoms with Gasteiger partial charge in [-0.3, -0.25) is 0 Å². The van der Waals surface area contributed by atoms with Gasteiger partial charge < -0.3 is 14.4 Å². The summed E-state index contributed by atoms with van der Waals surface area (Å²) in [7, 11) is 1.37. The van der Waals surface area contributed by atoms with Crippen LogP contribution in [-0.4, -0.2) is 48.0 Å². The molecule has 0 bridgehead atoms. The SMILES string of the molecule is COC(=O)c1ccc(SC[C@@H]2CCCN2C(=O)OC(C)(C)C)cc1. The lowest BCUT2D eigenvalue weighted by atomic mass is 10.2. The van der Waals surface area contributed by atoms with Gasteiger partial charge in [0.1, 0.15) is 5.60 Å². The van der Waals surface area contributed by atoms with Crippen molar-refractivity contribution in [2.45, 2.75) is 50.2 Å². The van der Waals surface area contributed by atoms with E-state index in [1.54, 1.807) is 23.9 Å². The lowest BCUT2D eigenvalue weighted by Crippen LogP contribution is -2.40. The van der Waals surface area contributed by atoms with E-state index in [-0.39, 0.29) is 18.1 Å². The van der Waals surface area contributed by atoms with E-state index in [9.17, 15) is 9.59 Å². The smallest absolute Gasteiger partial charge is 0.410 e. The van der Waals surface area contributed by atoms with E-state index >= 15 is 0 Å². The largest absolute Gasteiger partial charge is 0.465 e. The number of rotatable bonds is 4. The first-order valence-corrected chi connectivity index (χ1v) is 9.09. The van der Waals surface area contributed by atoms with Gasteiger partial charge in [0.2, 0.25) is 0 Å². The molecule has 24 heavy (non-hydrogen) atoms. The first kappa shape index (κ1) is 18.6. The van der Waals surface area contributed by atoms with Gasteiger partial charge in [-0.05, 0) is 57.9 Å². The molecule has 1 amide bonds. The average Bonchev–Trinajstić information content (AvgIpc) is 2.99. The van der Waals surface area contributed by atoms with Crippen molar-refractivity contribution in [2.75, 3.05) is 19.4 Å². The molecule has 1 aliphatic rings. The Labute approximate surface area is 147 Å². The summed E-state index contributed by atoms with van der Waals surface area (Å²) in [6, 6.07) is 7.51. The van der Waals surface area contributed by atoms with E-state index in [2.05, 4.69) is 0 Å². The minimum absolute atomic E-state index is 0.185. The van der Waals surface area contributed by atoms with Crippen LogP contribution in [0, 0.1) is 0 Å². The van der Waals surface area contributed by atoms with E-state index in [0.29, 0.717) is 5.56 Å². The summed E-state index contributed by atoms with van der Waals surface area (Å²) in [6.45, 7) is 6.40. The molecule has 0 radical (unpaired) electrons.